The number of aromatic nitrogens is 3. The molecular weight excluding hydrogens is 394 g/mol. The molecule has 0 amide bonds. The molecule has 32 heavy (non-hydrogen) atoms. The highest BCUT2D eigenvalue weighted by molar-refractivity contribution is 5.78. The molecule has 5 nitrogen and oxygen atoms in total. The van der Waals surface area contributed by atoms with Crippen molar-refractivity contribution in [2.45, 2.75) is 71.3 Å². The van der Waals surface area contributed by atoms with Gasteiger partial charge in [-0.2, -0.15) is 9.61 Å². The largest absolute Gasteiger partial charge is 0.354 e. The van der Waals surface area contributed by atoms with Crippen LogP contribution in [0.5, 0.6) is 0 Å². The first-order chi connectivity index (χ1) is 15.4. The molecule has 1 saturated heterocycles. The Balaban J connectivity index is 1.49. The van der Waals surface area contributed by atoms with Crippen LogP contribution in [-0.4, -0.2) is 51.7 Å². The summed E-state index contributed by atoms with van der Waals surface area (Å²) in [7, 11) is 0. The summed E-state index contributed by atoms with van der Waals surface area (Å²) in [6, 6.07) is 11.8. The number of hydrogen-bond donors (Lipinski definition) is 0. The van der Waals surface area contributed by atoms with E-state index < -0.39 is 0 Å². The van der Waals surface area contributed by atoms with Crippen LogP contribution in [0.1, 0.15) is 64.1 Å². The van der Waals surface area contributed by atoms with Crippen molar-refractivity contribution in [2.75, 3.05) is 31.1 Å². The Bertz CT molecular complexity index is 1060. The zero-order valence-corrected chi connectivity index (χ0v) is 20.1. The fourth-order valence-electron chi connectivity index (χ4n) is 5.26. The van der Waals surface area contributed by atoms with E-state index in [1.165, 1.54) is 49.0 Å². The van der Waals surface area contributed by atoms with E-state index in [0.717, 1.165) is 49.1 Å². The third-order valence-electron chi connectivity index (χ3n) is 7.31. The number of piperazine rings is 1. The monoisotopic (exact) mass is 431 g/mol. The Morgan fingerprint density at radius 2 is 1.59 bits per heavy atom. The number of rotatable bonds is 3. The van der Waals surface area contributed by atoms with Crippen LogP contribution in [0.4, 0.5) is 5.82 Å². The fourth-order valence-corrected chi connectivity index (χ4v) is 5.26. The summed E-state index contributed by atoms with van der Waals surface area (Å²) < 4.78 is 2.07. The van der Waals surface area contributed by atoms with Gasteiger partial charge in [0.15, 0.2) is 5.65 Å². The zero-order chi connectivity index (χ0) is 22.3. The van der Waals surface area contributed by atoms with Gasteiger partial charge in [0.1, 0.15) is 5.82 Å². The predicted octanol–water partition coefficient (Wildman–Crippen LogP) is 5.46. The molecule has 5 rings (SSSR count). The van der Waals surface area contributed by atoms with Crippen molar-refractivity contribution in [2.24, 2.45) is 0 Å². The molecule has 1 aromatic carbocycles. The van der Waals surface area contributed by atoms with Crippen LogP contribution in [0.25, 0.3) is 16.8 Å². The summed E-state index contributed by atoms with van der Waals surface area (Å²) in [4.78, 5) is 10.4. The molecule has 3 aromatic rings. The summed E-state index contributed by atoms with van der Waals surface area (Å²) in [6.07, 6.45) is 8.98. The number of anilines is 1. The highest BCUT2D eigenvalue weighted by atomic mass is 15.4. The van der Waals surface area contributed by atoms with E-state index in [9.17, 15) is 0 Å². The van der Waals surface area contributed by atoms with Crippen molar-refractivity contribution in [1.82, 2.24) is 19.5 Å². The molecule has 2 aromatic heterocycles. The second kappa shape index (κ2) is 8.51. The second-order valence-electron chi connectivity index (χ2n) is 10.7. The summed E-state index contributed by atoms with van der Waals surface area (Å²) in [5, 5.41) is 4.82. The minimum atomic E-state index is -0.0186. The molecule has 0 atom stereocenters. The molecule has 1 aliphatic heterocycles. The lowest BCUT2D eigenvalue weighted by Gasteiger charge is -2.41. The van der Waals surface area contributed by atoms with Gasteiger partial charge in [-0.05, 0) is 25.3 Å². The Kier molecular flexibility index (Phi) is 5.70. The number of fused-ring (bicyclic) bond motifs is 1. The maximum atomic E-state index is 5.11. The molecular formula is C27H37N5. The maximum Gasteiger partial charge on any atom is 0.165 e. The smallest absolute Gasteiger partial charge is 0.165 e. The lowest BCUT2D eigenvalue weighted by Crippen LogP contribution is -2.51. The van der Waals surface area contributed by atoms with Crippen LogP contribution >= 0.6 is 0 Å². The molecule has 1 aliphatic carbocycles. The molecule has 0 bridgehead atoms. The molecule has 1 saturated carbocycles. The van der Waals surface area contributed by atoms with Gasteiger partial charge < -0.3 is 4.90 Å². The van der Waals surface area contributed by atoms with Crippen LogP contribution in [0.2, 0.25) is 0 Å². The van der Waals surface area contributed by atoms with Gasteiger partial charge in [0.2, 0.25) is 0 Å². The fraction of sp³-hybridized carbons (Fsp3) is 0.556. The molecule has 2 fully saturated rings. The normalized spacial score (nSPS) is 19.1. The van der Waals surface area contributed by atoms with Crippen LogP contribution in [0, 0.1) is 6.92 Å². The van der Waals surface area contributed by atoms with E-state index in [0.29, 0.717) is 0 Å². The van der Waals surface area contributed by atoms with E-state index in [4.69, 9.17) is 10.1 Å². The van der Waals surface area contributed by atoms with Gasteiger partial charge in [0, 0.05) is 49.3 Å². The number of nitrogens with zero attached hydrogens (tertiary/aromatic N) is 5. The SMILES string of the molecule is Cc1ccc(-c2cnn3c(N4CCN(C5CCCCC5)CC4)cc(C(C)(C)C)nc23)cc1. The first-order valence-corrected chi connectivity index (χ1v) is 12.4. The van der Waals surface area contributed by atoms with E-state index >= 15 is 0 Å². The molecule has 170 valence electrons. The van der Waals surface area contributed by atoms with E-state index in [1.54, 1.807) is 0 Å². The molecule has 3 heterocycles. The standard InChI is InChI=1S/C27H37N5/c1-20-10-12-21(13-11-20)23-19-28-32-25(18-24(27(2,3)4)29-26(23)32)31-16-14-30(15-17-31)22-8-6-5-7-9-22/h10-13,18-19,22H,5-9,14-17H2,1-4H3. The molecule has 0 unspecified atom stereocenters. The van der Waals surface area contributed by atoms with Crippen LogP contribution in [0.15, 0.2) is 36.5 Å². The Hall–Kier alpha value is -2.40. The number of benzene rings is 1. The Morgan fingerprint density at radius 3 is 2.25 bits per heavy atom. The van der Waals surface area contributed by atoms with Crippen molar-refractivity contribution >= 4 is 11.5 Å². The average Bonchev–Trinajstić information content (AvgIpc) is 3.23. The van der Waals surface area contributed by atoms with Gasteiger partial charge in [-0.25, -0.2) is 4.98 Å². The highest BCUT2D eigenvalue weighted by Gasteiger charge is 2.28. The quantitative estimate of drug-likeness (QED) is 0.552. The second-order valence-corrected chi connectivity index (χ2v) is 10.7. The van der Waals surface area contributed by atoms with Crippen LogP contribution < -0.4 is 4.90 Å². The predicted molar refractivity (Wildman–Crippen MR) is 133 cm³/mol. The third-order valence-corrected chi connectivity index (χ3v) is 7.31. The van der Waals surface area contributed by atoms with Crippen molar-refractivity contribution in [3.05, 3.63) is 47.8 Å². The van der Waals surface area contributed by atoms with E-state index in [-0.39, 0.29) is 5.41 Å². The zero-order valence-electron chi connectivity index (χ0n) is 20.1. The van der Waals surface area contributed by atoms with Crippen molar-refractivity contribution in [3.63, 3.8) is 0 Å². The van der Waals surface area contributed by atoms with Gasteiger partial charge >= 0.3 is 0 Å². The van der Waals surface area contributed by atoms with Crippen molar-refractivity contribution in [3.8, 4) is 11.1 Å². The lowest BCUT2D eigenvalue weighted by atomic mass is 9.91. The number of aryl methyl sites for hydroxylation is 1. The first kappa shape index (κ1) is 21.4. The van der Waals surface area contributed by atoms with Crippen molar-refractivity contribution < 1.29 is 0 Å². The molecule has 0 radical (unpaired) electrons. The highest BCUT2D eigenvalue weighted by Crippen LogP contribution is 2.32. The topological polar surface area (TPSA) is 36.7 Å². The van der Waals surface area contributed by atoms with Gasteiger partial charge in [0.25, 0.3) is 0 Å². The summed E-state index contributed by atoms with van der Waals surface area (Å²) >= 11 is 0. The first-order valence-electron chi connectivity index (χ1n) is 12.4. The molecule has 0 spiro atoms. The van der Waals surface area contributed by atoms with Gasteiger partial charge in [-0.1, -0.05) is 69.9 Å². The average molecular weight is 432 g/mol. The molecule has 2 aliphatic rings. The van der Waals surface area contributed by atoms with Crippen LogP contribution in [-0.2, 0) is 5.41 Å². The Morgan fingerprint density at radius 1 is 0.906 bits per heavy atom. The molecule has 0 N–H and O–H groups in total. The van der Waals surface area contributed by atoms with Gasteiger partial charge in [-0.15, -0.1) is 0 Å². The summed E-state index contributed by atoms with van der Waals surface area (Å²) in [6.45, 7) is 13.3. The number of hydrogen-bond acceptors (Lipinski definition) is 4. The van der Waals surface area contributed by atoms with Crippen LogP contribution in [0.3, 0.4) is 0 Å². The summed E-state index contributed by atoms with van der Waals surface area (Å²) in [5.41, 5.74) is 5.63. The third kappa shape index (κ3) is 4.15. The minimum absolute atomic E-state index is 0.0186. The van der Waals surface area contributed by atoms with Gasteiger partial charge in [0.05, 0.1) is 11.9 Å². The molecule has 5 heteroatoms. The van der Waals surface area contributed by atoms with E-state index in [1.807, 2.05) is 6.20 Å². The van der Waals surface area contributed by atoms with Crippen molar-refractivity contribution in [1.29, 1.82) is 0 Å². The van der Waals surface area contributed by atoms with Gasteiger partial charge in [-0.3, -0.25) is 4.90 Å². The minimum Gasteiger partial charge on any atom is -0.354 e. The Labute approximate surface area is 192 Å². The maximum absolute atomic E-state index is 5.11. The lowest BCUT2D eigenvalue weighted by molar-refractivity contribution is 0.147. The van der Waals surface area contributed by atoms with E-state index in [2.05, 4.69) is 72.3 Å². The summed E-state index contributed by atoms with van der Waals surface area (Å²) in [5.74, 6) is 1.18.